The standard InChI is InChI=1S/C14H19NO/c1-11-10-14(16-3)12(2)9-13(11)7-5-4-6-8-15/h9-10H,4,6,8,15H2,1-3H3. The Kier molecular flexibility index (Phi) is 4.88. The molecule has 0 aliphatic heterocycles. The van der Waals surface area contributed by atoms with Crippen LogP contribution in [0.5, 0.6) is 5.75 Å². The highest BCUT2D eigenvalue weighted by atomic mass is 16.5. The van der Waals surface area contributed by atoms with E-state index in [2.05, 4.69) is 24.8 Å². The number of nitrogens with two attached hydrogens (primary N) is 1. The van der Waals surface area contributed by atoms with Crippen LogP contribution >= 0.6 is 0 Å². The summed E-state index contributed by atoms with van der Waals surface area (Å²) in [6.45, 7) is 4.79. The molecule has 0 radical (unpaired) electrons. The molecule has 0 aromatic heterocycles. The van der Waals surface area contributed by atoms with Gasteiger partial charge in [0.2, 0.25) is 0 Å². The summed E-state index contributed by atoms with van der Waals surface area (Å²) >= 11 is 0. The van der Waals surface area contributed by atoms with Crippen molar-refractivity contribution >= 4 is 0 Å². The number of methoxy groups -OCH3 is 1. The maximum Gasteiger partial charge on any atom is 0.122 e. The van der Waals surface area contributed by atoms with Crippen molar-refractivity contribution in [1.29, 1.82) is 0 Å². The second kappa shape index (κ2) is 6.19. The molecular weight excluding hydrogens is 198 g/mol. The van der Waals surface area contributed by atoms with Gasteiger partial charge >= 0.3 is 0 Å². The van der Waals surface area contributed by atoms with E-state index in [0.717, 1.165) is 35.3 Å². The molecule has 2 N–H and O–H groups in total. The number of unbranched alkanes of at least 4 members (excludes halogenated alkanes) is 1. The average Bonchev–Trinajstić information content (AvgIpc) is 2.28. The minimum atomic E-state index is 0.704. The molecule has 0 saturated carbocycles. The lowest BCUT2D eigenvalue weighted by molar-refractivity contribution is 0.411. The maximum absolute atomic E-state index is 5.42. The average molecular weight is 217 g/mol. The molecule has 2 heteroatoms. The molecule has 0 aliphatic rings. The zero-order valence-electron chi connectivity index (χ0n) is 10.3. The zero-order valence-corrected chi connectivity index (χ0v) is 10.3. The second-order valence-electron chi connectivity index (χ2n) is 3.83. The number of hydrogen-bond donors (Lipinski definition) is 1. The number of hydrogen-bond acceptors (Lipinski definition) is 2. The normalized spacial score (nSPS) is 9.50. The van der Waals surface area contributed by atoms with Crippen LogP contribution in [0.1, 0.15) is 29.5 Å². The van der Waals surface area contributed by atoms with Crippen LogP contribution in [0, 0.1) is 25.7 Å². The van der Waals surface area contributed by atoms with Gasteiger partial charge in [-0.1, -0.05) is 11.8 Å². The van der Waals surface area contributed by atoms with Gasteiger partial charge in [0.15, 0.2) is 0 Å². The van der Waals surface area contributed by atoms with Gasteiger partial charge in [-0.3, -0.25) is 0 Å². The Labute approximate surface area is 97.8 Å². The Morgan fingerprint density at radius 3 is 2.62 bits per heavy atom. The number of benzene rings is 1. The van der Waals surface area contributed by atoms with Crippen LogP contribution in [0.2, 0.25) is 0 Å². The number of aryl methyl sites for hydroxylation is 2. The summed E-state index contributed by atoms with van der Waals surface area (Å²) in [7, 11) is 1.69. The molecule has 16 heavy (non-hydrogen) atoms. The highest BCUT2D eigenvalue weighted by Gasteiger charge is 2.02. The smallest absolute Gasteiger partial charge is 0.122 e. The van der Waals surface area contributed by atoms with Gasteiger partial charge in [-0.25, -0.2) is 0 Å². The van der Waals surface area contributed by atoms with Gasteiger partial charge < -0.3 is 10.5 Å². The van der Waals surface area contributed by atoms with E-state index in [0.29, 0.717) is 6.54 Å². The predicted octanol–water partition coefficient (Wildman–Crippen LogP) is 2.40. The molecule has 2 nitrogen and oxygen atoms in total. The Morgan fingerprint density at radius 1 is 1.25 bits per heavy atom. The van der Waals surface area contributed by atoms with Crippen molar-refractivity contribution in [3.05, 3.63) is 28.8 Å². The summed E-state index contributed by atoms with van der Waals surface area (Å²) in [5, 5.41) is 0. The fraction of sp³-hybridized carbons (Fsp3) is 0.429. The molecule has 0 bridgehead atoms. The molecule has 0 atom stereocenters. The van der Waals surface area contributed by atoms with Crippen LogP contribution in [-0.4, -0.2) is 13.7 Å². The third kappa shape index (κ3) is 3.29. The maximum atomic E-state index is 5.42. The largest absolute Gasteiger partial charge is 0.496 e. The first-order valence-corrected chi connectivity index (χ1v) is 5.53. The first-order valence-electron chi connectivity index (χ1n) is 5.53. The Hall–Kier alpha value is -1.46. The van der Waals surface area contributed by atoms with Crippen LogP contribution < -0.4 is 10.5 Å². The van der Waals surface area contributed by atoms with Gasteiger partial charge in [0, 0.05) is 12.0 Å². The van der Waals surface area contributed by atoms with E-state index in [1.54, 1.807) is 7.11 Å². The molecule has 1 aromatic carbocycles. The summed E-state index contributed by atoms with van der Waals surface area (Å²) in [6.07, 6.45) is 1.82. The molecule has 0 heterocycles. The molecule has 86 valence electrons. The van der Waals surface area contributed by atoms with Crippen molar-refractivity contribution in [3.63, 3.8) is 0 Å². The van der Waals surface area contributed by atoms with Crippen molar-refractivity contribution in [3.8, 4) is 17.6 Å². The zero-order chi connectivity index (χ0) is 12.0. The van der Waals surface area contributed by atoms with Crippen molar-refractivity contribution in [2.24, 2.45) is 5.73 Å². The Morgan fingerprint density at radius 2 is 2.00 bits per heavy atom. The van der Waals surface area contributed by atoms with E-state index in [1.165, 1.54) is 0 Å². The van der Waals surface area contributed by atoms with E-state index in [1.807, 2.05) is 13.0 Å². The number of rotatable bonds is 3. The van der Waals surface area contributed by atoms with Gasteiger partial charge in [-0.15, -0.1) is 0 Å². The first kappa shape index (κ1) is 12.6. The summed E-state index contributed by atoms with van der Waals surface area (Å²) in [4.78, 5) is 0. The van der Waals surface area contributed by atoms with Crippen molar-refractivity contribution in [1.82, 2.24) is 0 Å². The molecule has 1 aromatic rings. The van der Waals surface area contributed by atoms with Gasteiger partial charge in [-0.05, 0) is 50.1 Å². The van der Waals surface area contributed by atoms with E-state index >= 15 is 0 Å². The lowest BCUT2D eigenvalue weighted by atomic mass is 10.0. The van der Waals surface area contributed by atoms with E-state index in [9.17, 15) is 0 Å². The fourth-order valence-electron chi connectivity index (χ4n) is 1.49. The summed E-state index contributed by atoms with van der Waals surface area (Å²) in [5.41, 5.74) is 8.77. The molecule has 1 rings (SSSR count). The highest BCUT2D eigenvalue weighted by molar-refractivity contribution is 5.48. The third-order valence-electron chi connectivity index (χ3n) is 2.47. The minimum Gasteiger partial charge on any atom is -0.496 e. The van der Waals surface area contributed by atoms with Crippen LogP contribution in [-0.2, 0) is 0 Å². The van der Waals surface area contributed by atoms with E-state index in [-0.39, 0.29) is 0 Å². The van der Waals surface area contributed by atoms with Crippen LogP contribution in [0.15, 0.2) is 12.1 Å². The van der Waals surface area contributed by atoms with Crippen molar-refractivity contribution in [2.75, 3.05) is 13.7 Å². The summed E-state index contributed by atoms with van der Waals surface area (Å²) < 4.78 is 5.26. The van der Waals surface area contributed by atoms with Crippen LogP contribution in [0.3, 0.4) is 0 Å². The molecule has 0 spiro atoms. The van der Waals surface area contributed by atoms with Crippen molar-refractivity contribution < 1.29 is 4.74 Å². The third-order valence-corrected chi connectivity index (χ3v) is 2.47. The molecule has 0 unspecified atom stereocenters. The van der Waals surface area contributed by atoms with Gasteiger partial charge in [0.1, 0.15) is 5.75 Å². The highest BCUT2D eigenvalue weighted by Crippen LogP contribution is 2.21. The molecule has 0 aliphatic carbocycles. The summed E-state index contributed by atoms with van der Waals surface area (Å²) in [5.74, 6) is 7.24. The molecule has 0 amide bonds. The second-order valence-corrected chi connectivity index (χ2v) is 3.83. The van der Waals surface area contributed by atoms with E-state index < -0.39 is 0 Å². The predicted molar refractivity (Wildman–Crippen MR) is 67.6 cm³/mol. The Balaban J connectivity index is 2.87. The van der Waals surface area contributed by atoms with Gasteiger partial charge in [0.05, 0.1) is 7.11 Å². The molecule has 0 saturated heterocycles. The Bertz CT molecular complexity index is 413. The quantitative estimate of drug-likeness (QED) is 0.623. The van der Waals surface area contributed by atoms with Crippen LogP contribution in [0.25, 0.3) is 0 Å². The fourth-order valence-corrected chi connectivity index (χ4v) is 1.49. The lowest BCUT2D eigenvalue weighted by Gasteiger charge is -2.07. The molecule has 0 fully saturated rings. The topological polar surface area (TPSA) is 35.2 Å². The minimum absolute atomic E-state index is 0.704. The van der Waals surface area contributed by atoms with Gasteiger partial charge in [0.25, 0.3) is 0 Å². The van der Waals surface area contributed by atoms with Gasteiger partial charge in [-0.2, -0.15) is 0 Å². The lowest BCUT2D eigenvalue weighted by Crippen LogP contribution is -1.96. The first-order chi connectivity index (χ1) is 7.69. The SMILES string of the molecule is COc1cc(C)c(C#CCCCN)cc1C. The van der Waals surface area contributed by atoms with Crippen LogP contribution in [0.4, 0.5) is 0 Å². The van der Waals surface area contributed by atoms with E-state index in [4.69, 9.17) is 10.5 Å². The molecular formula is C14H19NO. The number of ether oxygens (including phenoxy) is 1. The monoisotopic (exact) mass is 217 g/mol. The summed E-state index contributed by atoms with van der Waals surface area (Å²) in [6, 6.07) is 4.10. The van der Waals surface area contributed by atoms with Crippen molar-refractivity contribution in [2.45, 2.75) is 26.7 Å².